The molecule has 78 heavy (non-hydrogen) atoms. The van der Waals surface area contributed by atoms with Gasteiger partial charge in [0.2, 0.25) is 17.7 Å². The molecule has 17 nitrogen and oxygen atoms in total. The van der Waals surface area contributed by atoms with Gasteiger partial charge in [0, 0.05) is 107 Å². The lowest BCUT2D eigenvalue weighted by Crippen LogP contribution is -2.52. The van der Waals surface area contributed by atoms with Gasteiger partial charge < -0.3 is 57.7 Å². The number of ether oxygens (including phenoxy) is 8. The Labute approximate surface area is 449 Å². The number of amides is 2. The lowest BCUT2D eigenvalue weighted by molar-refractivity contribution is -0.153. The summed E-state index contributed by atoms with van der Waals surface area (Å²) < 4.78 is 76.0. The number of aromatic nitrogens is 5. The van der Waals surface area contributed by atoms with Gasteiger partial charge in [0.15, 0.2) is 46.1 Å². The molecule has 4 aromatic carbocycles. The van der Waals surface area contributed by atoms with Crippen molar-refractivity contribution in [2.75, 3.05) is 80.0 Å². The van der Waals surface area contributed by atoms with Gasteiger partial charge in [-0.2, -0.15) is 0 Å². The van der Waals surface area contributed by atoms with Crippen LogP contribution < -0.4 is 28.4 Å². The minimum absolute atomic E-state index is 0.0651. The molecule has 408 valence electrons. The monoisotopic (exact) mass is 1070 g/mol. The Kier molecular flexibility index (Phi) is 14.9. The van der Waals surface area contributed by atoms with Crippen molar-refractivity contribution in [1.82, 2.24) is 34.7 Å². The van der Waals surface area contributed by atoms with Crippen LogP contribution in [0.25, 0.3) is 43.6 Å². The number of nitrogens with zero attached hydrogens (tertiary/aromatic N) is 5. The smallest absolute Gasteiger partial charge is 0.230 e. The summed E-state index contributed by atoms with van der Waals surface area (Å²) in [5.74, 6) is 2.30. The molecule has 12 rings (SSSR count). The van der Waals surface area contributed by atoms with E-state index in [2.05, 4.69) is 24.9 Å². The molecular weight excluding hydrogens is 1000 g/mol. The molecule has 4 aromatic heterocycles. The first-order valence-corrected chi connectivity index (χ1v) is 26.6. The molecule has 2 amide bonds. The average Bonchev–Trinajstić information content (AvgIpc) is 4.04. The highest BCUT2D eigenvalue weighted by atomic mass is 19.1. The van der Waals surface area contributed by atoms with E-state index in [4.69, 9.17) is 37.9 Å². The molecule has 0 saturated carbocycles. The maximum absolute atomic E-state index is 15.1. The highest BCUT2D eigenvalue weighted by Gasteiger charge is 2.43. The van der Waals surface area contributed by atoms with E-state index in [9.17, 15) is 9.59 Å². The van der Waals surface area contributed by atoms with Crippen LogP contribution in [0.4, 0.5) is 8.78 Å². The fraction of sp³-hybridized carbons (Fsp3) is 0.407. The van der Waals surface area contributed by atoms with Crippen LogP contribution in [0.3, 0.4) is 0 Å². The number of nitrogens with one attached hydrogen (secondary N) is 2. The fourth-order valence-electron chi connectivity index (χ4n) is 10.8. The van der Waals surface area contributed by atoms with Gasteiger partial charge in [-0.3, -0.25) is 14.6 Å². The van der Waals surface area contributed by atoms with Crippen LogP contribution in [0.15, 0.2) is 79.3 Å². The van der Waals surface area contributed by atoms with E-state index in [-0.39, 0.29) is 29.2 Å². The summed E-state index contributed by atoms with van der Waals surface area (Å²) in [7, 11) is 3.10. The molecule has 0 bridgehead atoms. The molecule has 4 saturated heterocycles. The predicted octanol–water partition coefficient (Wildman–Crippen LogP) is 10.9. The highest BCUT2D eigenvalue weighted by Crippen LogP contribution is 2.42. The van der Waals surface area contributed by atoms with Crippen molar-refractivity contribution < 1.29 is 56.3 Å². The van der Waals surface area contributed by atoms with Gasteiger partial charge in [-0.15, -0.1) is 0 Å². The van der Waals surface area contributed by atoms with Crippen LogP contribution in [0.1, 0.15) is 62.8 Å². The SMILES string of the molecule is COc1cc2c(Oc3ccc4[nH]c(C)cc4c3F)ccnc2cc1OCCCC(=O)N1CCC2(CC1)COC2.COc1cc2c(Oc3ccc4[nH]c(C)cc4c3F)ncnc2cc1OCCCC(=O)N1CCC2(CC1)COC2. The van der Waals surface area contributed by atoms with Crippen molar-refractivity contribution in [3.63, 3.8) is 0 Å². The summed E-state index contributed by atoms with van der Waals surface area (Å²) in [6.07, 6.45) is 9.11. The van der Waals surface area contributed by atoms with Gasteiger partial charge in [0.05, 0.1) is 70.3 Å². The number of carbonyl (C=O) groups excluding carboxylic acids is 2. The van der Waals surface area contributed by atoms with E-state index < -0.39 is 11.6 Å². The van der Waals surface area contributed by atoms with Crippen LogP contribution in [0.5, 0.6) is 46.1 Å². The minimum atomic E-state index is -0.466. The van der Waals surface area contributed by atoms with E-state index in [0.29, 0.717) is 117 Å². The van der Waals surface area contributed by atoms with Gasteiger partial charge in [0.1, 0.15) is 12.1 Å². The Hall–Kier alpha value is -7.77. The molecule has 8 heterocycles. The van der Waals surface area contributed by atoms with E-state index >= 15 is 8.78 Å². The lowest BCUT2D eigenvalue weighted by atomic mass is 9.77. The number of H-pyrrole nitrogens is 2. The zero-order valence-electron chi connectivity index (χ0n) is 44.3. The van der Waals surface area contributed by atoms with Crippen molar-refractivity contribution >= 4 is 55.4 Å². The summed E-state index contributed by atoms with van der Waals surface area (Å²) in [5, 5.41) is 2.15. The number of methoxy groups -OCH3 is 2. The summed E-state index contributed by atoms with van der Waals surface area (Å²) in [6.45, 7) is 11.0. The van der Waals surface area contributed by atoms with Crippen LogP contribution >= 0.6 is 0 Å². The zero-order valence-corrected chi connectivity index (χ0v) is 44.3. The normalized spacial score (nSPS) is 16.4. The van der Waals surface area contributed by atoms with E-state index in [1.807, 2.05) is 23.6 Å². The molecule has 0 radical (unpaired) electrons. The highest BCUT2D eigenvalue weighted by molar-refractivity contribution is 5.90. The van der Waals surface area contributed by atoms with Crippen LogP contribution in [-0.4, -0.2) is 127 Å². The summed E-state index contributed by atoms with van der Waals surface area (Å²) in [6, 6.07) is 19.0. The molecule has 2 spiro atoms. The molecular formula is C59H63F2N7O10. The topological polar surface area (TPSA) is 185 Å². The maximum Gasteiger partial charge on any atom is 0.230 e. The number of likely N-dealkylation sites (tertiary alicyclic amines) is 2. The second-order valence-corrected chi connectivity index (χ2v) is 21.0. The Balaban J connectivity index is 0.000000165. The van der Waals surface area contributed by atoms with Gasteiger partial charge in [-0.25, -0.2) is 18.7 Å². The number of carbonyl (C=O) groups is 2. The Morgan fingerprint density at radius 3 is 1.54 bits per heavy atom. The molecule has 19 heteroatoms. The first-order chi connectivity index (χ1) is 37.9. The maximum atomic E-state index is 15.1. The molecule has 4 aliphatic heterocycles. The van der Waals surface area contributed by atoms with E-state index in [1.165, 1.54) is 6.33 Å². The minimum Gasteiger partial charge on any atom is -0.493 e. The molecule has 4 aliphatic rings. The number of pyridine rings is 1. The fourth-order valence-corrected chi connectivity index (χ4v) is 10.8. The van der Waals surface area contributed by atoms with Gasteiger partial charge >= 0.3 is 0 Å². The van der Waals surface area contributed by atoms with Crippen molar-refractivity contribution in [3.8, 4) is 46.1 Å². The Bertz CT molecular complexity index is 3270. The van der Waals surface area contributed by atoms with Crippen molar-refractivity contribution in [1.29, 1.82) is 0 Å². The number of halogens is 2. The summed E-state index contributed by atoms with van der Waals surface area (Å²) in [5.41, 5.74) is 4.96. The summed E-state index contributed by atoms with van der Waals surface area (Å²) >= 11 is 0. The molecule has 0 aliphatic carbocycles. The van der Waals surface area contributed by atoms with Crippen molar-refractivity contribution in [3.05, 3.63) is 102 Å². The van der Waals surface area contributed by atoms with E-state index in [0.717, 1.165) is 95.2 Å². The Morgan fingerprint density at radius 2 is 1.05 bits per heavy atom. The second-order valence-electron chi connectivity index (χ2n) is 21.0. The molecule has 0 unspecified atom stereocenters. The standard InChI is InChI=1S/C30H32FN3O5.C29H31FN4O5/c1-19-14-21-22(33-19)5-6-25(29(21)31)39-24-7-10-32-23-16-27(26(36-2)15-20(23)24)38-13-3-4-28(35)34-11-8-30(9-12-34)17-37-18-30;1-18-12-19-21(33-18)5-6-23(27(19)30)39-28-20-13-24(36-2)25(14-22(20)31-17-32-28)38-11-3-4-26(35)34-9-7-29(8-10-34)15-37-16-29/h5-7,10,14-16,33H,3-4,8-9,11-13,17-18H2,1-2H3;5-6,12-14,17,33H,3-4,7-11,15-16H2,1-2H3. The van der Waals surface area contributed by atoms with Crippen molar-refractivity contribution in [2.45, 2.75) is 65.2 Å². The molecule has 8 aromatic rings. The summed E-state index contributed by atoms with van der Waals surface area (Å²) in [4.78, 5) is 48.5. The lowest BCUT2D eigenvalue weighted by Gasteiger charge is -2.47. The van der Waals surface area contributed by atoms with Crippen LogP contribution in [-0.2, 0) is 19.1 Å². The third-order valence-electron chi connectivity index (χ3n) is 15.5. The Morgan fingerprint density at radius 1 is 0.564 bits per heavy atom. The molecule has 2 N–H and O–H groups in total. The third-order valence-corrected chi connectivity index (χ3v) is 15.5. The quantitative estimate of drug-likeness (QED) is 0.0872. The number of fused-ring (bicyclic) bond motifs is 4. The third kappa shape index (κ3) is 10.9. The van der Waals surface area contributed by atoms with Crippen LogP contribution in [0, 0.1) is 36.3 Å². The first-order valence-electron chi connectivity index (χ1n) is 26.6. The molecule has 0 atom stereocenters. The number of piperidine rings is 2. The van der Waals surface area contributed by atoms with Gasteiger partial charge in [-0.1, -0.05) is 0 Å². The predicted molar refractivity (Wildman–Crippen MR) is 288 cm³/mol. The number of aromatic amines is 2. The van der Waals surface area contributed by atoms with E-state index in [1.54, 1.807) is 87.1 Å². The second kappa shape index (κ2) is 22.3. The zero-order chi connectivity index (χ0) is 54.0. The number of benzene rings is 4. The van der Waals surface area contributed by atoms with Gasteiger partial charge in [0.25, 0.3) is 0 Å². The van der Waals surface area contributed by atoms with Crippen LogP contribution in [0.2, 0.25) is 0 Å². The van der Waals surface area contributed by atoms with Crippen molar-refractivity contribution in [2.24, 2.45) is 10.8 Å². The largest absolute Gasteiger partial charge is 0.493 e. The number of hydrogen-bond acceptors (Lipinski definition) is 13. The number of hydrogen-bond donors (Lipinski definition) is 2. The first kappa shape index (κ1) is 52.3. The van der Waals surface area contributed by atoms with Gasteiger partial charge in [-0.05, 0) is 107 Å². The average molecular weight is 1070 g/mol. The molecule has 4 fully saturated rings. The number of rotatable bonds is 16. The number of aryl methyl sites for hydroxylation is 2.